The van der Waals surface area contributed by atoms with E-state index in [9.17, 15) is 24.3 Å². The third-order valence-electron chi connectivity index (χ3n) is 7.94. The van der Waals surface area contributed by atoms with Gasteiger partial charge in [0.2, 0.25) is 23.6 Å². The maximum atomic E-state index is 13.2. The average molecular weight is 434 g/mol. The molecule has 1 saturated carbocycles. The first-order chi connectivity index (χ1) is 15.3. The smallest absolute Gasteiger partial charge is 0.233 e. The largest absolute Gasteiger partial charge is 0.507 e. The van der Waals surface area contributed by atoms with Crippen molar-refractivity contribution in [2.24, 2.45) is 29.6 Å². The van der Waals surface area contributed by atoms with Gasteiger partial charge in [-0.1, -0.05) is 35.9 Å². The Morgan fingerprint density at radius 3 is 2.31 bits per heavy atom. The van der Waals surface area contributed by atoms with Crippen LogP contribution >= 0.6 is 0 Å². The average Bonchev–Trinajstić information content (AvgIpc) is 3.14. The number of phenols is 1. The number of amides is 4. The number of benzene rings is 1. The lowest BCUT2D eigenvalue weighted by Gasteiger charge is -2.44. The second-order valence-electron chi connectivity index (χ2n) is 9.34. The lowest BCUT2D eigenvalue weighted by atomic mass is 9.57. The molecule has 2 aliphatic carbocycles. The van der Waals surface area contributed by atoms with E-state index in [1.165, 1.54) is 23.9 Å². The summed E-state index contributed by atoms with van der Waals surface area (Å²) < 4.78 is 0. The van der Waals surface area contributed by atoms with Gasteiger partial charge in [-0.05, 0) is 30.7 Å². The number of hydrogen-bond donors (Lipinski definition) is 1. The molecule has 5 rings (SSSR count). The molecule has 32 heavy (non-hydrogen) atoms. The molecule has 6 atom stereocenters. The van der Waals surface area contributed by atoms with Crippen molar-refractivity contribution in [3.05, 3.63) is 53.6 Å². The van der Waals surface area contributed by atoms with Crippen molar-refractivity contribution < 1.29 is 24.3 Å². The van der Waals surface area contributed by atoms with Crippen LogP contribution in [0, 0.1) is 29.6 Å². The Labute approximate surface area is 186 Å². The minimum atomic E-state index is -0.624. The van der Waals surface area contributed by atoms with E-state index in [2.05, 4.69) is 6.58 Å². The highest BCUT2D eigenvalue weighted by Gasteiger charge is 2.61. The summed E-state index contributed by atoms with van der Waals surface area (Å²) in [6.07, 6.45) is 4.94. The zero-order valence-electron chi connectivity index (χ0n) is 18.2. The normalized spacial score (nSPS) is 33.8. The Kier molecular flexibility index (Phi) is 4.62. The topological polar surface area (TPSA) is 95.0 Å². The first kappa shape index (κ1) is 20.7. The Hall–Kier alpha value is -3.22. The zero-order chi connectivity index (χ0) is 22.9. The number of carbonyl (C=O) groups is 4. The van der Waals surface area contributed by atoms with Crippen LogP contribution in [0.25, 0.3) is 0 Å². The van der Waals surface area contributed by atoms with Gasteiger partial charge in [0.15, 0.2) is 0 Å². The van der Waals surface area contributed by atoms with E-state index in [1.807, 2.05) is 18.2 Å². The molecule has 3 fully saturated rings. The Bertz CT molecular complexity index is 1110. The highest BCUT2D eigenvalue weighted by molar-refractivity contribution is 6.07. The molecule has 7 heteroatoms. The third kappa shape index (κ3) is 2.60. The monoisotopic (exact) mass is 434 g/mol. The van der Waals surface area contributed by atoms with E-state index in [0.717, 1.165) is 5.57 Å². The quantitative estimate of drug-likeness (QED) is 0.580. The van der Waals surface area contributed by atoms with Gasteiger partial charge in [-0.3, -0.25) is 29.0 Å². The van der Waals surface area contributed by atoms with Crippen molar-refractivity contribution in [1.29, 1.82) is 0 Å². The van der Waals surface area contributed by atoms with Crippen LogP contribution in [-0.2, 0) is 25.6 Å². The van der Waals surface area contributed by atoms with E-state index in [0.29, 0.717) is 30.4 Å². The fourth-order valence-corrected chi connectivity index (χ4v) is 6.43. The predicted molar refractivity (Wildman–Crippen MR) is 115 cm³/mol. The molecule has 6 unspecified atom stereocenters. The van der Waals surface area contributed by atoms with Crippen LogP contribution in [0.1, 0.15) is 29.9 Å². The maximum Gasteiger partial charge on any atom is 0.233 e. The summed E-state index contributed by atoms with van der Waals surface area (Å²) in [5.41, 5.74) is 2.18. The van der Waals surface area contributed by atoms with Gasteiger partial charge in [-0.25, -0.2) is 0 Å². The van der Waals surface area contributed by atoms with E-state index >= 15 is 0 Å². The number of phenolic OH excluding ortho intramolecular Hbond substituents is 1. The third-order valence-corrected chi connectivity index (χ3v) is 7.94. The molecule has 4 amide bonds. The first-order valence-corrected chi connectivity index (χ1v) is 11.0. The van der Waals surface area contributed by atoms with Crippen molar-refractivity contribution in [3.8, 4) is 5.75 Å². The van der Waals surface area contributed by atoms with Crippen molar-refractivity contribution in [3.63, 3.8) is 0 Å². The Morgan fingerprint density at radius 2 is 1.62 bits per heavy atom. The molecule has 2 saturated heterocycles. The molecule has 4 aliphatic rings. The van der Waals surface area contributed by atoms with Crippen molar-refractivity contribution >= 4 is 23.6 Å². The van der Waals surface area contributed by atoms with Crippen LogP contribution in [0.5, 0.6) is 5.75 Å². The lowest BCUT2D eigenvalue weighted by Crippen LogP contribution is -2.43. The number of rotatable bonds is 3. The van der Waals surface area contributed by atoms with Crippen molar-refractivity contribution in [1.82, 2.24) is 9.80 Å². The molecule has 1 aromatic rings. The Morgan fingerprint density at radius 1 is 0.969 bits per heavy atom. The van der Waals surface area contributed by atoms with Gasteiger partial charge in [0, 0.05) is 25.6 Å². The standard InChI is InChI=1S/C25H26N2O5/c1-4-6-12-7-5-8-14(21(12)28)18-13-9-10-15-19(24(31)26(2)22(15)29)16(13)11-17-20(18)25(32)27(3)23(17)30/h4-5,7-9,15-20,28H,1,6,10-11H2,2-3H3. The highest BCUT2D eigenvalue weighted by Crippen LogP contribution is 2.58. The summed E-state index contributed by atoms with van der Waals surface area (Å²) in [7, 11) is 3.00. The molecule has 1 N–H and O–H groups in total. The molecule has 2 aliphatic heterocycles. The number of aromatic hydroxyl groups is 1. The lowest BCUT2D eigenvalue weighted by molar-refractivity contribution is -0.140. The first-order valence-electron chi connectivity index (χ1n) is 11.0. The molecule has 0 radical (unpaired) electrons. The summed E-state index contributed by atoms with van der Waals surface area (Å²) >= 11 is 0. The number of likely N-dealkylation sites (tertiary alicyclic amines) is 2. The maximum absolute atomic E-state index is 13.2. The van der Waals surface area contributed by atoms with E-state index < -0.39 is 29.6 Å². The van der Waals surface area contributed by atoms with Crippen LogP contribution in [-0.4, -0.2) is 52.6 Å². The number of nitrogens with zero attached hydrogens (tertiary/aromatic N) is 2. The van der Waals surface area contributed by atoms with Gasteiger partial charge >= 0.3 is 0 Å². The molecule has 166 valence electrons. The number of allylic oxidation sites excluding steroid dienone is 3. The Balaban J connectivity index is 1.68. The summed E-state index contributed by atoms with van der Waals surface area (Å²) in [5, 5.41) is 11.1. The van der Waals surface area contributed by atoms with E-state index in [4.69, 9.17) is 0 Å². The second-order valence-corrected chi connectivity index (χ2v) is 9.34. The minimum absolute atomic E-state index is 0.0977. The summed E-state index contributed by atoms with van der Waals surface area (Å²) in [6, 6.07) is 5.44. The molecule has 0 spiro atoms. The van der Waals surface area contributed by atoms with Crippen LogP contribution in [0.15, 0.2) is 42.5 Å². The van der Waals surface area contributed by atoms with Crippen LogP contribution < -0.4 is 0 Å². The highest BCUT2D eigenvalue weighted by atomic mass is 16.3. The number of para-hydroxylation sites is 1. The zero-order valence-corrected chi connectivity index (χ0v) is 18.2. The van der Waals surface area contributed by atoms with Gasteiger partial charge in [-0.2, -0.15) is 0 Å². The van der Waals surface area contributed by atoms with Crippen molar-refractivity contribution in [2.75, 3.05) is 14.1 Å². The van der Waals surface area contributed by atoms with Crippen LogP contribution in [0.2, 0.25) is 0 Å². The predicted octanol–water partition coefficient (Wildman–Crippen LogP) is 2.02. The van der Waals surface area contributed by atoms with Gasteiger partial charge in [0.25, 0.3) is 0 Å². The van der Waals surface area contributed by atoms with Gasteiger partial charge in [0.1, 0.15) is 5.75 Å². The van der Waals surface area contributed by atoms with Gasteiger partial charge < -0.3 is 5.11 Å². The van der Waals surface area contributed by atoms with E-state index in [-0.39, 0.29) is 35.3 Å². The fourth-order valence-electron chi connectivity index (χ4n) is 6.43. The minimum Gasteiger partial charge on any atom is -0.507 e. The molecule has 2 heterocycles. The van der Waals surface area contributed by atoms with Crippen LogP contribution in [0.4, 0.5) is 0 Å². The molecular formula is C25H26N2O5. The van der Waals surface area contributed by atoms with Crippen molar-refractivity contribution in [2.45, 2.75) is 25.2 Å². The number of hydrogen-bond acceptors (Lipinski definition) is 5. The molecule has 1 aromatic carbocycles. The molecule has 0 bridgehead atoms. The van der Waals surface area contributed by atoms with Gasteiger partial charge in [-0.15, -0.1) is 6.58 Å². The number of imide groups is 2. The SMILES string of the molecule is C=CCc1cccc(C2C3=CCC4C(=O)N(C)C(=O)C4C3CC3C(=O)N(C)C(=O)C32)c1O. The summed E-state index contributed by atoms with van der Waals surface area (Å²) in [6.45, 7) is 3.75. The van der Waals surface area contributed by atoms with Gasteiger partial charge in [0.05, 0.1) is 23.7 Å². The molecule has 7 nitrogen and oxygen atoms in total. The number of fused-ring (bicyclic) bond motifs is 4. The molecular weight excluding hydrogens is 408 g/mol. The summed E-state index contributed by atoms with van der Waals surface area (Å²) in [4.78, 5) is 54.2. The fraction of sp³-hybridized carbons (Fsp3) is 0.440. The van der Waals surface area contributed by atoms with E-state index in [1.54, 1.807) is 12.1 Å². The number of carbonyl (C=O) groups excluding carboxylic acids is 4. The molecule has 0 aromatic heterocycles. The summed E-state index contributed by atoms with van der Waals surface area (Å²) in [5.74, 6) is -3.79. The van der Waals surface area contributed by atoms with Crippen LogP contribution in [0.3, 0.4) is 0 Å². The second kappa shape index (κ2) is 7.15.